The zero-order valence-electron chi connectivity index (χ0n) is 23.3. The third kappa shape index (κ3) is 2.84. The highest BCUT2D eigenvalue weighted by molar-refractivity contribution is 5.86. The van der Waals surface area contributed by atoms with Crippen molar-refractivity contribution in [3.63, 3.8) is 0 Å². The number of Topliss-reactive ketones (excluding diaryl/α,β-unsaturated/α-hetero) is 1. The molecule has 2 saturated heterocycles. The molecule has 6 aliphatic rings. The zero-order chi connectivity index (χ0) is 26.3. The van der Waals surface area contributed by atoms with Crippen molar-refractivity contribution in [2.75, 3.05) is 0 Å². The Labute approximate surface area is 216 Å². The summed E-state index contributed by atoms with van der Waals surface area (Å²) in [6.45, 7) is 14.5. The Kier molecular flexibility index (Phi) is 5.26. The number of carbonyl (C=O) groups is 1. The van der Waals surface area contributed by atoms with Crippen LogP contribution in [0.2, 0.25) is 0 Å². The van der Waals surface area contributed by atoms with Gasteiger partial charge in [-0.05, 0) is 92.8 Å². The molecule has 36 heavy (non-hydrogen) atoms. The molecule has 204 valence electrons. The SMILES string of the molecule is C[C@@H]1C[C@H]([C@H](O)C(C)(C)O)O[C@H]2O[C@H](O)[C@@]3(C)[C@@H]4CC[C@H]5C(C)(C)C(=O)CC[C@@]56C[C@@]46CC[C@]3(C)[C@H]21. The summed E-state index contributed by atoms with van der Waals surface area (Å²) in [5.41, 5.74) is -1.63. The minimum absolute atomic E-state index is 0.116. The Morgan fingerprint density at radius 3 is 2.31 bits per heavy atom. The second kappa shape index (κ2) is 7.35. The largest absolute Gasteiger partial charge is 0.388 e. The number of ether oxygens (including phenoxy) is 2. The number of aliphatic hydroxyl groups is 3. The van der Waals surface area contributed by atoms with Gasteiger partial charge in [-0.3, -0.25) is 4.79 Å². The Balaban J connectivity index is 1.34. The second-order valence-corrected chi connectivity index (χ2v) is 15.4. The summed E-state index contributed by atoms with van der Waals surface area (Å²) >= 11 is 0. The number of carbonyl (C=O) groups excluding carboxylic acids is 1. The van der Waals surface area contributed by atoms with E-state index in [-0.39, 0.29) is 33.5 Å². The number of hydrogen-bond acceptors (Lipinski definition) is 6. The van der Waals surface area contributed by atoms with Crippen LogP contribution in [-0.2, 0) is 14.3 Å². The fourth-order valence-electron chi connectivity index (χ4n) is 11.3. The monoisotopic (exact) mass is 504 g/mol. The van der Waals surface area contributed by atoms with Crippen LogP contribution in [0.15, 0.2) is 0 Å². The van der Waals surface area contributed by atoms with Crippen LogP contribution in [0.3, 0.4) is 0 Å². The van der Waals surface area contributed by atoms with Crippen molar-refractivity contribution in [2.24, 2.45) is 50.7 Å². The van der Waals surface area contributed by atoms with E-state index in [0.29, 0.717) is 30.5 Å². The van der Waals surface area contributed by atoms with Gasteiger partial charge in [0, 0.05) is 23.2 Å². The molecule has 3 N–H and O–H groups in total. The fourth-order valence-corrected chi connectivity index (χ4v) is 11.3. The molecule has 6 nitrogen and oxygen atoms in total. The second-order valence-electron chi connectivity index (χ2n) is 15.4. The van der Waals surface area contributed by atoms with Gasteiger partial charge in [-0.25, -0.2) is 0 Å². The maximum Gasteiger partial charge on any atom is 0.164 e. The van der Waals surface area contributed by atoms with Crippen molar-refractivity contribution < 1.29 is 29.6 Å². The van der Waals surface area contributed by atoms with Gasteiger partial charge in [-0.15, -0.1) is 0 Å². The van der Waals surface area contributed by atoms with Gasteiger partial charge in [0.2, 0.25) is 0 Å². The van der Waals surface area contributed by atoms with E-state index in [0.717, 1.165) is 32.1 Å². The molecule has 0 unspecified atom stereocenters. The molecular weight excluding hydrogens is 456 g/mol. The number of fused-ring (bicyclic) bond motifs is 4. The maximum absolute atomic E-state index is 12.9. The molecule has 2 aliphatic heterocycles. The van der Waals surface area contributed by atoms with E-state index in [1.54, 1.807) is 13.8 Å². The Bertz CT molecular complexity index is 956. The van der Waals surface area contributed by atoms with Gasteiger partial charge < -0.3 is 24.8 Å². The average Bonchev–Trinajstić information content (AvgIpc) is 3.45. The van der Waals surface area contributed by atoms with Gasteiger partial charge in [0.05, 0.1) is 11.7 Å². The minimum atomic E-state index is -1.27. The van der Waals surface area contributed by atoms with Crippen molar-refractivity contribution in [1.29, 1.82) is 0 Å². The first-order valence-corrected chi connectivity index (χ1v) is 14.5. The summed E-state index contributed by atoms with van der Waals surface area (Å²) in [6.07, 6.45) is 4.79. The quantitative estimate of drug-likeness (QED) is 0.515. The van der Waals surface area contributed by atoms with Crippen molar-refractivity contribution in [3.8, 4) is 0 Å². The lowest BCUT2D eigenvalue weighted by Crippen LogP contribution is -2.70. The highest BCUT2D eigenvalue weighted by atomic mass is 16.7. The smallest absolute Gasteiger partial charge is 0.164 e. The lowest BCUT2D eigenvalue weighted by atomic mass is 9.38. The number of hydrogen-bond donors (Lipinski definition) is 3. The molecular formula is C30H48O6. The molecule has 0 amide bonds. The van der Waals surface area contributed by atoms with E-state index in [1.807, 2.05) is 0 Å². The lowest BCUT2D eigenvalue weighted by Gasteiger charge is -2.70. The Morgan fingerprint density at radius 2 is 1.64 bits per heavy atom. The average molecular weight is 505 g/mol. The van der Waals surface area contributed by atoms with Gasteiger partial charge in [-0.2, -0.15) is 0 Å². The van der Waals surface area contributed by atoms with Crippen LogP contribution in [0.1, 0.15) is 99.8 Å². The van der Waals surface area contributed by atoms with Crippen molar-refractivity contribution in [3.05, 3.63) is 0 Å². The van der Waals surface area contributed by atoms with Gasteiger partial charge in [0.25, 0.3) is 0 Å². The molecule has 6 rings (SSSR count). The van der Waals surface area contributed by atoms with E-state index in [1.165, 1.54) is 6.42 Å². The molecule has 2 spiro atoms. The third-order valence-corrected chi connectivity index (χ3v) is 13.4. The first-order chi connectivity index (χ1) is 16.6. The van der Waals surface area contributed by atoms with Crippen LogP contribution in [0.25, 0.3) is 0 Å². The molecule has 0 aromatic heterocycles. The maximum atomic E-state index is 12.9. The first-order valence-electron chi connectivity index (χ1n) is 14.5. The van der Waals surface area contributed by atoms with E-state index < -0.39 is 35.8 Å². The predicted molar refractivity (Wildman–Crippen MR) is 134 cm³/mol. The van der Waals surface area contributed by atoms with Crippen LogP contribution < -0.4 is 0 Å². The molecule has 0 radical (unpaired) electrons. The fraction of sp³-hybridized carbons (Fsp3) is 0.967. The van der Waals surface area contributed by atoms with Crippen molar-refractivity contribution in [1.82, 2.24) is 0 Å². The first kappa shape index (κ1) is 25.7. The highest BCUT2D eigenvalue weighted by Crippen LogP contribution is 2.88. The zero-order valence-corrected chi connectivity index (χ0v) is 23.3. The summed E-state index contributed by atoms with van der Waals surface area (Å²) < 4.78 is 12.7. The van der Waals surface area contributed by atoms with Gasteiger partial charge in [-0.1, -0.05) is 34.6 Å². The molecule has 0 aromatic rings. The molecule has 0 bridgehead atoms. The Morgan fingerprint density at radius 1 is 1.00 bits per heavy atom. The van der Waals surface area contributed by atoms with E-state index in [9.17, 15) is 20.1 Å². The molecule has 0 aromatic carbocycles. The highest BCUT2D eigenvalue weighted by Gasteiger charge is 2.83. The van der Waals surface area contributed by atoms with Crippen LogP contribution in [0.4, 0.5) is 0 Å². The lowest BCUT2D eigenvalue weighted by molar-refractivity contribution is -0.411. The van der Waals surface area contributed by atoms with Gasteiger partial charge >= 0.3 is 0 Å². The number of aliphatic hydroxyl groups excluding tert-OH is 2. The van der Waals surface area contributed by atoms with Crippen molar-refractivity contribution >= 4 is 5.78 Å². The number of ketones is 1. The molecule has 12 atom stereocenters. The molecule has 4 aliphatic carbocycles. The third-order valence-electron chi connectivity index (χ3n) is 13.4. The summed E-state index contributed by atoms with van der Waals surface area (Å²) in [4.78, 5) is 12.9. The van der Waals surface area contributed by atoms with Gasteiger partial charge in [0.15, 0.2) is 12.6 Å². The van der Waals surface area contributed by atoms with Crippen LogP contribution in [-0.4, -0.2) is 51.5 Å². The molecule has 4 saturated carbocycles. The minimum Gasteiger partial charge on any atom is -0.388 e. The van der Waals surface area contributed by atoms with E-state index >= 15 is 0 Å². The molecule has 2 heterocycles. The Hall–Kier alpha value is -0.530. The molecule has 6 fully saturated rings. The van der Waals surface area contributed by atoms with Crippen LogP contribution in [0, 0.1) is 50.7 Å². The number of rotatable bonds is 2. The summed E-state index contributed by atoms with van der Waals surface area (Å²) in [7, 11) is 0. The standard InChI is InChI=1S/C30H48O6/c1-16-14-17(22(32)26(4,5)34)35-23-21(16)27(6)12-13-30-15-29(30)11-10-20(31)25(2,3)18(29)8-9-19(30)28(27,7)24(33)36-23/h16-19,21-24,32-34H,8-15H2,1-7H3/t16-,17-,18+,19+,21+,22+,23+,24+,27-,28-,29-,30+/m1/s1. The van der Waals surface area contributed by atoms with Crippen LogP contribution in [0.5, 0.6) is 0 Å². The van der Waals surface area contributed by atoms with E-state index in [4.69, 9.17) is 9.47 Å². The molecule has 6 heteroatoms. The summed E-state index contributed by atoms with van der Waals surface area (Å²) in [5.74, 6) is 1.60. The van der Waals surface area contributed by atoms with Crippen LogP contribution >= 0.6 is 0 Å². The predicted octanol–water partition coefficient (Wildman–Crippen LogP) is 4.43. The van der Waals surface area contributed by atoms with Crippen molar-refractivity contribution in [2.45, 2.75) is 130 Å². The van der Waals surface area contributed by atoms with Gasteiger partial charge in [0.1, 0.15) is 11.9 Å². The topological polar surface area (TPSA) is 96.2 Å². The van der Waals surface area contributed by atoms with E-state index in [2.05, 4.69) is 34.6 Å². The summed E-state index contributed by atoms with van der Waals surface area (Å²) in [6, 6.07) is 0. The summed E-state index contributed by atoms with van der Waals surface area (Å²) in [5, 5.41) is 33.0. The normalized spacial score (nSPS) is 56.4.